The van der Waals surface area contributed by atoms with Gasteiger partial charge < -0.3 is 10.2 Å². The Labute approximate surface area is 124 Å². The molecule has 1 aromatic heterocycles. The van der Waals surface area contributed by atoms with Crippen LogP contribution in [-0.4, -0.2) is 46.8 Å². The third-order valence-electron chi connectivity index (χ3n) is 4.29. The number of carbonyl (C=O) groups excluding carboxylic acids is 1. The number of hydrogen-bond donors (Lipinski definition) is 1. The summed E-state index contributed by atoms with van der Waals surface area (Å²) in [7, 11) is 3.83. The lowest BCUT2D eigenvalue weighted by Gasteiger charge is -2.35. The highest BCUT2D eigenvalue weighted by Crippen LogP contribution is 2.23. The SMILES string of the molecule is CNCC1CCCCN1C(=O)c1nn(C)c2ccccc12. The molecule has 1 unspecified atom stereocenters. The van der Waals surface area contributed by atoms with Crippen molar-refractivity contribution >= 4 is 16.8 Å². The molecule has 0 bridgehead atoms. The zero-order chi connectivity index (χ0) is 14.8. The molecular formula is C16H22N4O. The fraction of sp³-hybridized carbons (Fsp3) is 0.500. The molecule has 1 aromatic carbocycles. The van der Waals surface area contributed by atoms with Gasteiger partial charge in [0, 0.05) is 31.6 Å². The van der Waals surface area contributed by atoms with Crippen LogP contribution in [-0.2, 0) is 7.05 Å². The lowest BCUT2D eigenvalue weighted by Crippen LogP contribution is -2.48. The van der Waals surface area contributed by atoms with Gasteiger partial charge >= 0.3 is 0 Å². The Morgan fingerprint density at radius 3 is 3.00 bits per heavy atom. The van der Waals surface area contributed by atoms with E-state index in [0.29, 0.717) is 5.69 Å². The number of aryl methyl sites for hydroxylation is 1. The Kier molecular flexibility index (Phi) is 3.92. The predicted octanol–water partition coefficient (Wildman–Crippen LogP) is 1.79. The van der Waals surface area contributed by atoms with E-state index in [9.17, 15) is 4.79 Å². The molecule has 2 aromatic rings. The molecule has 0 radical (unpaired) electrons. The van der Waals surface area contributed by atoms with Gasteiger partial charge in [0.2, 0.25) is 0 Å². The average Bonchev–Trinajstić information content (AvgIpc) is 2.85. The quantitative estimate of drug-likeness (QED) is 0.936. The number of nitrogens with one attached hydrogen (secondary N) is 1. The van der Waals surface area contributed by atoms with E-state index in [1.807, 2.05) is 43.3 Å². The predicted molar refractivity (Wildman–Crippen MR) is 83.3 cm³/mol. The fourth-order valence-electron chi connectivity index (χ4n) is 3.22. The molecule has 112 valence electrons. The fourth-order valence-corrected chi connectivity index (χ4v) is 3.22. The Hall–Kier alpha value is -1.88. The third-order valence-corrected chi connectivity index (χ3v) is 4.29. The lowest BCUT2D eigenvalue weighted by atomic mass is 10.0. The number of hydrogen-bond acceptors (Lipinski definition) is 3. The molecule has 5 heteroatoms. The molecule has 0 aliphatic carbocycles. The monoisotopic (exact) mass is 286 g/mol. The summed E-state index contributed by atoms with van der Waals surface area (Å²) in [4.78, 5) is 14.9. The van der Waals surface area contributed by atoms with E-state index in [1.165, 1.54) is 6.42 Å². The maximum atomic E-state index is 12.9. The van der Waals surface area contributed by atoms with Gasteiger partial charge in [0.15, 0.2) is 5.69 Å². The molecule has 1 amide bonds. The van der Waals surface area contributed by atoms with Crippen LogP contribution in [0.2, 0.25) is 0 Å². The largest absolute Gasteiger partial charge is 0.333 e. The van der Waals surface area contributed by atoms with Crippen molar-refractivity contribution in [3.8, 4) is 0 Å². The highest BCUT2D eigenvalue weighted by molar-refractivity contribution is 6.05. The van der Waals surface area contributed by atoms with Crippen LogP contribution >= 0.6 is 0 Å². The van der Waals surface area contributed by atoms with E-state index in [1.54, 1.807) is 4.68 Å². The van der Waals surface area contributed by atoms with Crippen LogP contribution in [0.4, 0.5) is 0 Å². The molecule has 1 N–H and O–H groups in total. The van der Waals surface area contributed by atoms with Crippen LogP contribution in [0, 0.1) is 0 Å². The van der Waals surface area contributed by atoms with Crippen molar-refractivity contribution < 1.29 is 4.79 Å². The van der Waals surface area contributed by atoms with E-state index < -0.39 is 0 Å². The van der Waals surface area contributed by atoms with Crippen LogP contribution < -0.4 is 5.32 Å². The van der Waals surface area contributed by atoms with Gasteiger partial charge in [-0.2, -0.15) is 5.10 Å². The molecule has 1 fully saturated rings. The number of likely N-dealkylation sites (tertiary alicyclic amines) is 1. The number of likely N-dealkylation sites (N-methyl/N-ethyl adjacent to an activating group) is 1. The first-order valence-electron chi connectivity index (χ1n) is 7.59. The normalized spacial score (nSPS) is 19.1. The van der Waals surface area contributed by atoms with Gasteiger partial charge in [0.1, 0.15) is 0 Å². The van der Waals surface area contributed by atoms with Crippen LogP contribution in [0.1, 0.15) is 29.8 Å². The Morgan fingerprint density at radius 2 is 2.19 bits per heavy atom. The molecule has 5 nitrogen and oxygen atoms in total. The highest BCUT2D eigenvalue weighted by atomic mass is 16.2. The Balaban J connectivity index is 1.95. The number of piperidine rings is 1. The second kappa shape index (κ2) is 5.85. The average molecular weight is 286 g/mol. The third kappa shape index (κ3) is 2.53. The van der Waals surface area contributed by atoms with Gasteiger partial charge in [-0.3, -0.25) is 9.48 Å². The zero-order valence-electron chi connectivity index (χ0n) is 12.7. The summed E-state index contributed by atoms with van der Waals surface area (Å²) in [5, 5.41) is 8.60. The van der Waals surface area contributed by atoms with Gasteiger partial charge in [0.25, 0.3) is 5.91 Å². The van der Waals surface area contributed by atoms with Crippen molar-refractivity contribution in [2.75, 3.05) is 20.1 Å². The van der Waals surface area contributed by atoms with Crippen molar-refractivity contribution in [3.05, 3.63) is 30.0 Å². The maximum Gasteiger partial charge on any atom is 0.275 e. The smallest absolute Gasteiger partial charge is 0.275 e. The molecule has 0 saturated carbocycles. The minimum Gasteiger partial charge on any atom is -0.333 e. The minimum absolute atomic E-state index is 0.0618. The van der Waals surface area contributed by atoms with E-state index in [4.69, 9.17) is 0 Å². The van der Waals surface area contributed by atoms with E-state index in [2.05, 4.69) is 10.4 Å². The summed E-state index contributed by atoms with van der Waals surface area (Å²) in [5.74, 6) is 0.0618. The number of aromatic nitrogens is 2. The first-order chi connectivity index (χ1) is 10.2. The molecule has 1 aliphatic heterocycles. The van der Waals surface area contributed by atoms with Crippen molar-refractivity contribution in [1.82, 2.24) is 20.0 Å². The maximum absolute atomic E-state index is 12.9. The molecule has 0 spiro atoms. The van der Waals surface area contributed by atoms with Gasteiger partial charge in [0.05, 0.1) is 5.52 Å². The number of rotatable bonds is 3. The second-order valence-corrected chi connectivity index (χ2v) is 5.70. The van der Waals surface area contributed by atoms with Crippen molar-refractivity contribution in [3.63, 3.8) is 0 Å². The Morgan fingerprint density at radius 1 is 1.38 bits per heavy atom. The summed E-state index contributed by atoms with van der Waals surface area (Å²) in [6.07, 6.45) is 3.34. The number of carbonyl (C=O) groups is 1. The minimum atomic E-state index is 0.0618. The molecule has 1 aliphatic rings. The number of nitrogens with zero attached hydrogens (tertiary/aromatic N) is 3. The second-order valence-electron chi connectivity index (χ2n) is 5.70. The summed E-state index contributed by atoms with van der Waals surface area (Å²) in [6, 6.07) is 8.19. The number of fused-ring (bicyclic) bond motifs is 1. The van der Waals surface area contributed by atoms with Crippen molar-refractivity contribution in [2.24, 2.45) is 7.05 Å². The van der Waals surface area contributed by atoms with Crippen LogP contribution in [0.5, 0.6) is 0 Å². The Bertz CT molecular complexity index is 647. The van der Waals surface area contributed by atoms with Gasteiger partial charge in [-0.25, -0.2) is 0 Å². The summed E-state index contributed by atoms with van der Waals surface area (Å²) >= 11 is 0. The van der Waals surface area contributed by atoms with Crippen molar-refractivity contribution in [1.29, 1.82) is 0 Å². The molecular weight excluding hydrogens is 264 g/mol. The highest BCUT2D eigenvalue weighted by Gasteiger charge is 2.29. The molecule has 1 atom stereocenters. The zero-order valence-corrected chi connectivity index (χ0v) is 12.7. The van der Waals surface area contributed by atoms with Crippen molar-refractivity contribution in [2.45, 2.75) is 25.3 Å². The summed E-state index contributed by atoms with van der Waals surface area (Å²) in [6.45, 7) is 1.67. The molecule has 2 heterocycles. The summed E-state index contributed by atoms with van der Waals surface area (Å²) < 4.78 is 1.79. The van der Waals surface area contributed by atoms with Crippen LogP contribution in [0.3, 0.4) is 0 Å². The van der Waals surface area contributed by atoms with Gasteiger partial charge in [-0.15, -0.1) is 0 Å². The first-order valence-corrected chi connectivity index (χ1v) is 7.59. The topological polar surface area (TPSA) is 50.2 Å². The van der Waals surface area contributed by atoms with E-state index >= 15 is 0 Å². The van der Waals surface area contributed by atoms with Crippen LogP contribution in [0.25, 0.3) is 10.9 Å². The molecule has 3 rings (SSSR count). The van der Waals surface area contributed by atoms with E-state index in [-0.39, 0.29) is 11.9 Å². The number of para-hydroxylation sites is 1. The van der Waals surface area contributed by atoms with Crippen LogP contribution in [0.15, 0.2) is 24.3 Å². The summed E-state index contributed by atoms with van der Waals surface area (Å²) in [5.41, 5.74) is 1.58. The van der Waals surface area contributed by atoms with Gasteiger partial charge in [-0.05, 0) is 32.4 Å². The standard InChI is InChI=1S/C16H22N4O/c1-17-11-12-7-5-6-10-20(12)16(21)15-13-8-3-4-9-14(13)19(2)18-15/h3-4,8-9,12,17H,5-7,10-11H2,1-2H3. The number of amides is 1. The number of benzene rings is 1. The van der Waals surface area contributed by atoms with Gasteiger partial charge in [-0.1, -0.05) is 18.2 Å². The molecule has 1 saturated heterocycles. The lowest BCUT2D eigenvalue weighted by molar-refractivity contribution is 0.0610. The van der Waals surface area contributed by atoms with E-state index in [0.717, 1.165) is 36.8 Å². The first kappa shape index (κ1) is 14.1. The molecule has 21 heavy (non-hydrogen) atoms.